The Morgan fingerprint density at radius 3 is 2.10 bits per heavy atom. The average molecular weight is 284 g/mol. The highest BCUT2D eigenvalue weighted by Gasteiger charge is 2.15. The van der Waals surface area contributed by atoms with E-state index >= 15 is 0 Å². The number of rotatable bonds is 13. The molecule has 0 radical (unpaired) electrons. The first kappa shape index (κ1) is 18.0. The van der Waals surface area contributed by atoms with Crippen molar-refractivity contribution in [3.05, 3.63) is 0 Å². The van der Waals surface area contributed by atoms with Gasteiger partial charge in [0.05, 0.1) is 12.7 Å². The van der Waals surface area contributed by atoms with Crippen molar-refractivity contribution >= 4 is 0 Å². The summed E-state index contributed by atoms with van der Waals surface area (Å²) in [5, 5.41) is 3.74. The largest absolute Gasteiger partial charge is 0.377 e. The summed E-state index contributed by atoms with van der Waals surface area (Å²) in [7, 11) is 0. The number of nitrogens with one attached hydrogen (secondary N) is 1. The quantitative estimate of drug-likeness (QED) is 0.477. The summed E-state index contributed by atoms with van der Waals surface area (Å²) in [5.74, 6) is 0. The Balaban J connectivity index is 2.06. The summed E-state index contributed by atoms with van der Waals surface area (Å²) in [5.41, 5.74) is 0. The van der Waals surface area contributed by atoms with Gasteiger partial charge in [-0.05, 0) is 25.7 Å². The van der Waals surface area contributed by atoms with E-state index in [9.17, 15) is 0 Å². The number of hydrogen-bond acceptors (Lipinski definition) is 2. The van der Waals surface area contributed by atoms with Gasteiger partial charge in [0.25, 0.3) is 0 Å². The molecule has 1 N–H and O–H groups in total. The Morgan fingerprint density at radius 1 is 0.950 bits per heavy atom. The lowest BCUT2D eigenvalue weighted by atomic mass is 10.0. The lowest BCUT2D eigenvalue weighted by Crippen LogP contribution is -2.32. The molecule has 0 aliphatic heterocycles. The van der Waals surface area contributed by atoms with E-state index in [-0.39, 0.29) is 0 Å². The zero-order chi connectivity index (χ0) is 14.5. The van der Waals surface area contributed by atoms with Crippen LogP contribution in [0.5, 0.6) is 0 Å². The van der Waals surface area contributed by atoms with E-state index in [2.05, 4.69) is 19.2 Å². The molecule has 0 aromatic carbocycles. The van der Waals surface area contributed by atoms with Crippen molar-refractivity contribution in [3.63, 3.8) is 0 Å². The van der Waals surface area contributed by atoms with Crippen LogP contribution in [0.15, 0.2) is 0 Å². The molecule has 0 atom stereocenters. The summed E-state index contributed by atoms with van der Waals surface area (Å²) < 4.78 is 5.94. The van der Waals surface area contributed by atoms with Crippen LogP contribution in [0, 0.1) is 0 Å². The highest BCUT2D eigenvalue weighted by molar-refractivity contribution is 4.69. The Bertz CT molecular complexity index is 192. The first-order valence-corrected chi connectivity index (χ1v) is 9.21. The fourth-order valence-electron chi connectivity index (χ4n) is 3.17. The molecule has 1 fully saturated rings. The molecule has 0 spiro atoms. The van der Waals surface area contributed by atoms with E-state index in [1.165, 1.54) is 77.0 Å². The second-order valence-corrected chi connectivity index (χ2v) is 6.42. The van der Waals surface area contributed by atoms with E-state index < -0.39 is 0 Å². The predicted octanol–water partition coefficient (Wildman–Crippen LogP) is 5.06. The average Bonchev–Trinajstić information content (AvgIpc) is 2.96. The molecule has 0 aromatic heterocycles. The SMILES string of the molecule is CCCCCC(CCCCC)NCCOC1CCCC1. The summed E-state index contributed by atoms with van der Waals surface area (Å²) in [6, 6.07) is 0.722. The molecule has 0 bridgehead atoms. The highest BCUT2D eigenvalue weighted by Crippen LogP contribution is 2.20. The molecule has 1 aliphatic rings. The lowest BCUT2D eigenvalue weighted by Gasteiger charge is -2.19. The monoisotopic (exact) mass is 283 g/mol. The molecule has 2 nitrogen and oxygen atoms in total. The molecule has 120 valence electrons. The summed E-state index contributed by atoms with van der Waals surface area (Å²) in [6.45, 7) is 6.52. The van der Waals surface area contributed by atoms with Crippen molar-refractivity contribution in [2.45, 2.75) is 103 Å². The van der Waals surface area contributed by atoms with Gasteiger partial charge in [-0.3, -0.25) is 0 Å². The van der Waals surface area contributed by atoms with Crippen LogP contribution in [-0.4, -0.2) is 25.3 Å². The van der Waals surface area contributed by atoms with Crippen LogP contribution in [0.2, 0.25) is 0 Å². The molecule has 0 unspecified atom stereocenters. The third-order valence-corrected chi connectivity index (χ3v) is 4.50. The van der Waals surface area contributed by atoms with Gasteiger partial charge in [-0.2, -0.15) is 0 Å². The number of hydrogen-bond donors (Lipinski definition) is 1. The van der Waals surface area contributed by atoms with Gasteiger partial charge >= 0.3 is 0 Å². The van der Waals surface area contributed by atoms with E-state index in [0.29, 0.717) is 6.10 Å². The molecule has 0 amide bonds. The van der Waals surface area contributed by atoms with Crippen molar-refractivity contribution in [1.29, 1.82) is 0 Å². The summed E-state index contributed by atoms with van der Waals surface area (Å²) in [4.78, 5) is 0. The van der Waals surface area contributed by atoms with Gasteiger partial charge in [-0.1, -0.05) is 65.2 Å². The molecule has 0 saturated heterocycles. The zero-order valence-electron chi connectivity index (χ0n) is 14.0. The van der Waals surface area contributed by atoms with Gasteiger partial charge in [0, 0.05) is 12.6 Å². The maximum Gasteiger partial charge on any atom is 0.0594 e. The topological polar surface area (TPSA) is 21.3 Å². The van der Waals surface area contributed by atoms with Gasteiger partial charge in [0.2, 0.25) is 0 Å². The third kappa shape index (κ3) is 8.97. The smallest absolute Gasteiger partial charge is 0.0594 e. The van der Waals surface area contributed by atoms with Crippen LogP contribution in [0.1, 0.15) is 90.9 Å². The maximum absolute atomic E-state index is 5.94. The second-order valence-electron chi connectivity index (χ2n) is 6.42. The number of unbranched alkanes of at least 4 members (excludes halogenated alkanes) is 4. The van der Waals surface area contributed by atoms with E-state index in [1.54, 1.807) is 0 Å². The van der Waals surface area contributed by atoms with Crippen molar-refractivity contribution in [1.82, 2.24) is 5.32 Å². The van der Waals surface area contributed by atoms with Gasteiger partial charge in [-0.15, -0.1) is 0 Å². The molecule has 20 heavy (non-hydrogen) atoms. The third-order valence-electron chi connectivity index (χ3n) is 4.50. The fourth-order valence-corrected chi connectivity index (χ4v) is 3.17. The van der Waals surface area contributed by atoms with Crippen LogP contribution >= 0.6 is 0 Å². The van der Waals surface area contributed by atoms with Crippen LogP contribution < -0.4 is 5.32 Å². The Hall–Kier alpha value is -0.0800. The minimum Gasteiger partial charge on any atom is -0.377 e. The first-order valence-electron chi connectivity index (χ1n) is 9.21. The molecule has 2 heteroatoms. The molecular formula is C18H37NO. The van der Waals surface area contributed by atoms with Gasteiger partial charge in [-0.25, -0.2) is 0 Å². The first-order chi connectivity index (χ1) is 9.86. The van der Waals surface area contributed by atoms with Crippen molar-refractivity contribution in [3.8, 4) is 0 Å². The second kappa shape index (κ2) is 12.6. The molecule has 1 aliphatic carbocycles. The highest BCUT2D eigenvalue weighted by atomic mass is 16.5. The number of ether oxygens (including phenoxy) is 1. The summed E-state index contributed by atoms with van der Waals surface area (Å²) >= 11 is 0. The van der Waals surface area contributed by atoms with Crippen molar-refractivity contribution < 1.29 is 4.74 Å². The van der Waals surface area contributed by atoms with E-state index in [4.69, 9.17) is 4.74 Å². The standard InChI is InChI=1S/C18H37NO/c1-3-5-7-11-17(12-8-6-4-2)19-15-16-20-18-13-9-10-14-18/h17-19H,3-16H2,1-2H3. The van der Waals surface area contributed by atoms with Crippen LogP contribution in [-0.2, 0) is 4.74 Å². The summed E-state index contributed by atoms with van der Waals surface area (Å²) in [6.07, 6.45) is 16.7. The van der Waals surface area contributed by atoms with E-state index in [0.717, 1.165) is 19.2 Å². The zero-order valence-corrected chi connectivity index (χ0v) is 14.0. The Labute approximate surface area is 127 Å². The minimum atomic E-state index is 0.565. The van der Waals surface area contributed by atoms with Crippen LogP contribution in [0.4, 0.5) is 0 Å². The van der Waals surface area contributed by atoms with E-state index in [1.807, 2.05) is 0 Å². The van der Waals surface area contributed by atoms with Gasteiger partial charge < -0.3 is 10.1 Å². The normalized spacial score (nSPS) is 16.4. The molecule has 0 aromatic rings. The van der Waals surface area contributed by atoms with Crippen molar-refractivity contribution in [2.75, 3.05) is 13.2 Å². The molecular weight excluding hydrogens is 246 g/mol. The van der Waals surface area contributed by atoms with Crippen LogP contribution in [0.25, 0.3) is 0 Å². The van der Waals surface area contributed by atoms with Gasteiger partial charge in [0.1, 0.15) is 0 Å². The molecule has 1 saturated carbocycles. The van der Waals surface area contributed by atoms with Crippen LogP contribution in [0.3, 0.4) is 0 Å². The fraction of sp³-hybridized carbons (Fsp3) is 1.00. The van der Waals surface area contributed by atoms with Gasteiger partial charge in [0.15, 0.2) is 0 Å². The lowest BCUT2D eigenvalue weighted by molar-refractivity contribution is 0.0587. The molecule has 1 rings (SSSR count). The minimum absolute atomic E-state index is 0.565. The Kier molecular flexibility index (Phi) is 11.4. The Morgan fingerprint density at radius 2 is 1.55 bits per heavy atom. The molecule has 0 heterocycles. The predicted molar refractivity (Wildman–Crippen MR) is 88.3 cm³/mol. The maximum atomic E-state index is 5.94. The van der Waals surface area contributed by atoms with Crippen molar-refractivity contribution in [2.24, 2.45) is 0 Å².